The summed E-state index contributed by atoms with van der Waals surface area (Å²) in [5, 5.41) is 6.97. The Morgan fingerprint density at radius 2 is 2.05 bits per heavy atom. The van der Waals surface area contributed by atoms with Crippen LogP contribution in [0.25, 0.3) is 0 Å². The molecule has 1 atom stereocenters. The average molecular weight is 275 g/mol. The van der Waals surface area contributed by atoms with Gasteiger partial charge in [-0.05, 0) is 32.6 Å². The van der Waals surface area contributed by atoms with Gasteiger partial charge in [-0.1, -0.05) is 6.92 Å². The molecule has 0 radical (unpaired) electrons. The SMILES string of the molecule is CCCNc1ncnc(NC2CCN(C3CC3)C2)c1C. The molecule has 1 saturated carbocycles. The zero-order chi connectivity index (χ0) is 13.9. The molecular weight excluding hydrogens is 250 g/mol. The Morgan fingerprint density at radius 3 is 2.80 bits per heavy atom. The van der Waals surface area contributed by atoms with Crippen molar-refractivity contribution in [3.8, 4) is 0 Å². The lowest BCUT2D eigenvalue weighted by molar-refractivity contribution is 0.326. The topological polar surface area (TPSA) is 53.1 Å². The van der Waals surface area contributed by atoms with Crippen LogP contribution in [0.5, 0.6) is 0 Å². The largest absolute Gasteiger partial charge is 0.370 e. The molecule has 2 aliphatic rings. The molecule has 1 aliphatic carbocycles. The molecule has 2 N–H and O–H groups in total. The summed E-state index contributed by atoms with van der Waals surface area (Å²) in [5.41, 5.74) is 1.13. The van der Waals surface area contributed by atoms with Gasteiger partial charge in [0.1, 0.15) is 18.0 Å². The minimum absolute atomic E-state index is 0.531. The standard InChI is InChI=1S/C15H25N5/c1-3-7-16-14-11(2)15(18-10-17-14)19-12-6-8-20(9-12)13-4-5-13/h10,12-13H,3-9H2,1-2H3,(H2,16,17,18,19). The Kier molecular flexibility index (Phi) is 4.05. The molecule has 20 heavy (non-hydrogen) atoms. The minimum Gasteiger partial charge on any atom is -0.370 e. The monoisotopic (exact) mass is 275 g/mol. The molecule has 5 nitrogen and oxygen atoms in total. The van der Waals surface area contributed by atoms with E-state index in [1.54, 1.807) is 6.33 Å². The predicted molar refractivity (Wildman–Crippen MR) is 82.2 cm³/mol. The molecule has 110 valence electrons. The van der Waals surface area contributed by atoms with E-state index in [0.717, 1.165) is 42.8 Å². The quantitative estimate of drug-likeness (QED) is 0.834. The van der Waals surface area contributed by atoms with E-state index < -0.39 is 0 Å². The van der Waals surface area contributed by atoms with Crippen molar-refractivity contribution in [3.05, 3.63) is 11.9 Å². The average Bonchev–Trinajstić information content (AvgIpc) is 3.20. The summed E-state index contributed by atoms with van der Waals surface area (Å²) < 4.78 is 0. The molecule has 0 aromatic carbocycles. The molecule has 0 spiro atoms. The number of likely N-dealkylation sites (tertiary alicyclic amines) is 1. The summed E-state index contributed by atoms with van der Waals surface area (Å²) >= 11 is 0. The molecule has 1 unspecified atom stereocenters. The van der Waals surface area contributed by atoms with Crippen molar-refractivity contribution in [1.29, 1.82) is 0 Å². The van der Waals surface area contributed by atoms with Gasteiger partial charge in [0.2, 0.25) is 0 Å². The highest BCUT2D eigenvalue weighted by Crippen LogP contribution is 2.31. The van der Waals surface area contributed by atoms with Crippen LogP contribution in [-0.4, -0.2) is 46.6 Å². The molecule has 1 aromatic heterocycles. The lowest BCUT2D eigenvalue weighted by Crippen LogP contribution is -2.28. The summed E-state index contributed by atoms with van der Waals surface area (Å²) in [7, 11) is 0. The van der Waals surface area contributed by atoms with E-state index in [2.05, 4.69) is 39.3 Å². The van der Waals surface area contributed by atoms with Crippen LogP contribution >= 0.6 is 0 Å². The molecular formula is C15H25N5. The number of anilines is 2. The number of hydrogen-bond acceptors (Lipinski definition) is 5. The van der Waals surface area contributed by atoms with Gasteiger partial charge in [-0.2, -0.15) is 0 Å². The zero-order valence-electron chi connectivity index (χ0n) is 12.5. The third-order valence-electron chi connectivity index (χ3n) is 4.25. The first-order valence-corrected chi connectivity index (χ1v) is 7.84. The van der Waals surface area contributed by atoms with Gasteiger partial charge in [-0.15, -0.1) is 0 Å². The van der Waals surface area contributed by atoms with Gasteiger partial charge < -0.3 is 10.6 Å². The molecule has 0 bridgehead atoms. The fourth-order valence-electron chi connectivity index (χ4n) is 2.89. The lowest BCUT2D eigenvalue weighted by Gasteiger charge is -2.18. The van der Waals surface area contributed by atoms with Crippen molar-refractivity contribution >= 4 is 11.6 Å². The van der Waals surface area contributed by atoms with Crippen LogP contribution in [0.4, 0.5) is 11.6 Å². The first-order chi connectivity index (χ1) is 9.78. The second kappa shape index (κ2) is 5.95. The molecule has 3 rings (SSSR count). The number of aromatic nitrogens is 2. The highest BCUT2D eigenvalue weighted by molar-refractivity contribution is 5.56. The normalized spacial score (nSPS) is 23.0. The summed E-state index contributed by atoms with van der Waals surface area (Å²) in [6.45, 7) is 7.59. The van der Waals surface area contributed by atoms with Crippen molar-refractivity contribution in [2.75, 3.05) is 30.3 Å². The summed E-state index contributed by atoms with van der Waals surface area (Å²) in [6, 6.07) is 1.40. The Hall–Kier alpha value is -1.36. The second-order valence-corrected chi connectivity index (χ2v) is 5.98. The van der Waals surface area contributed by atoms with E-state index >= 15 is 0 Å². The molecule has 1 aromatic rings. The van der Waals surface area contributed by atoms with Gasteiger partial charge in [0, 0.05) is 37.3 Å². The number of hydrogen-bond donors (Lipinski definition) is 2. The molecule has 1 aliphatic heterocycles. The Labute approximate surface area is 121 Å². The third-order valence-corrected chi connectivity index (χ3v) is 4.25. The van der Waals surface area contributed by atoms with E-state index in [1.807, 2.05) is 0 Å². The van der Waals surface area contributed by atoms with Crippen LogP contribution < -0.4 is 10.6 Å². The molecule has 5 heteroatoms. The van der Waals surface area contributed by atoms with Crippen LogP contribution in [0.15, 0.2) is 6.33 Å². The maximum Gasteiger partial charge on any atom is 0.134 e. The van der Waals surface area contributed by atoms with Crippen molar-refractivity contribution in [2.45, 2.75) is 51.6 Å². The van der Waals surface area contributed by atoms with Gasteiger partial charge in [-0.3, -0.25) is 4.90 Å². The fourth-order valence-corrected chi connectivity index (χ4v) is 2.89. The van der Waals surface area contributed by atoms with Crippen molar-refractivity contribution < 1.29 is 0 Å². The van der Waals surface area contributed by atoms with Crippen LogP contribution in [0.2, 0.25) is 0 Å². The molecule has 2 fully saturated rings. The second-order valence-electron chi connectivity index (χ2n) is 5.98. The maximum atomic E-state index is 4.42. The summed E-state index contributed by atoms with van der Waals surface area (Å²) in [6.07, 6.45) is 6.76. The van der Waals surface area contributed by atoms with E-state index in [-0.39, 0.29) is 0 Å². The molecule has 0 amide bonds. The first kappa shape index (κ1) is 13.6. The number of nitrogens with zero attached hydrogens (tertiary/aromatic N) is 3. The highest BCUT2D eigenvalue weighted by Gasteiger charge is 2.34. The van der Waals surface area contributed by atoms with E-state index in [4.69, 9.17) is 0 Å². The third kappa shape index (κ3) is 3.03. The number of rotatable bonds is 6. The van der Waals surface area contributed by atoms with E-state index in [0.29, 0.717) is 6.04 Å². The maximum absolute atomic E-state index is 4.42. The van der Waals surface area contributed by atoms with E-state index in [1.165, 1.54) is 25.8 Å². The van der Waals surface area contributed by atoms with E-state index in [9.17, 15) is 0 Å². The molecule has 1 saturated heterocycles. The molecule has 2 heterocycles. The Morgan fingerprint density at radius 1 is 1.25 bits per heavy atom. The fraction of sp³-hybridized carbons (Fsp3) is 0.733. The van der Waals surface area contributed by atoms with Gasteiger partial charge in [0.15, 0.2) is 0 Å². The van der Waals surface area contributed by atoms with Gasteiger partial charge in [-0.25, -0.2) is 9.97 Å². The summed E-state index contributed by atoms with van der Waals surface area (Å²) in [5.74, 6) is 1.95. The van der Waals surface area contributed by atoms with Crippen LogP contribution in [0.1, 0.15) is 38.2 Å². The summed E-state index contributed by atoms with van der Waals surface area (Å²) in [4.78, 5) is 11.4. The minimum atomic E-state index is 0.531. The van der Waals surface area contributed by atoms with Crippen molar-refractivity contribution in [3.63, 3.8) is 0 Å². The van der Waals surface area contributed by atoms with Gasteiger partial charge >= 0.3 is 0 Å². The van der Waals surface area contributed by atoms with Crippen LogP contribution in [0.3, 0.4) is 0 Å². The van der Waals surface area contributed by atoms with Gasteiger partial charge in [0.05, 0.1) is 0 Å². The van der Waals surface area contributed by atoms with Gasteiger partial charge in [0.25, 0.3) is 0 Å². The first-order valence-electron chi connectivity index (χ1n) is 7.84. The van der Waals surface area contributed by atoms with Crippen LogP contribution in [0, 0.1) is 6.92 Å². The lowest BCUT2D eigenvalue weighted by atomic mass is 10.2. The Balaban J connectivity index is 1.62. The predicted octanol–water partition coefficient (Wildman–Crippen LogP) is 2.26. The Bertz CT molecular complexity index is 458. The zero-order valence-corrected chi connectivity index (χ0v) is 12.5. The van der Waals surface area contributed by atoms with Crippen molar-refractivity contribution in [1.82, 2.24) is 14.9 Å². The van der Waals surface area contributed by atoms with Crippen molar-refractivity contribution in [2.24, 2.45) is 0 Å². The highest BCUT2D eigenvalue weighted by atomic mass is 15.2. The number of nitrogens with one attached hydrogen (secondary N) is 2. The smallest absolute Gasteiger partial charge is 0.134 e. The van der Waals surface area contributed by atoms with Crippen LogP contribution in [-0.2, 0) is 0 Å².